The number of anilines is 2. The van der Waals surface area contributed by atoms with Crippen molar-refractivity contribution in [1.82, 2.24) is 0 Å². The van der Waals surface area contributed by atoms with Crippen molar-refractivity contribution in [2.24, 2.45) is 0 Å². The van der Waals surface area contributed by atoms with Crippen LogP contribution in [-0.2, 0) is 11.2 Å². The second-order valence-corrected chi connectivity index (χ2v) is 4.11. The number of carbonyl (C=O) groups is 1. The van der Waals surface area contributed by atoms with Crippen molar-refractivity contribution in [2.75, 3.05) is 17.2 Å². The smallest absolute Gasteiger partial charge is 0.292 e. The van der Waals surface area contributed by atoms with Crippen LogP contribution >= 0.6 is 0 Å². The maximum absolute atomic E-state index is 11.3. The fourth-order valence-corrected chi connectivity index (χ4v) is 1.94. The number of hydrogen-bond donors (Lipinski definition) is 2. The summed E-state index contributed by atoms with van der Waals surface area (Å²) >= 11 is 0. The number of nitro groups is 1. The first-order valence-corrected chi connectivity index (χ1v) is 5.86. The van der Waals surface area contributed by atoms with Crippen molar-refractivity contribution in [3.05, 3.63) is 27.8 Å². The number of nitro benzene ring substituents is 1. The Morgan fingerprint density at radius 3 is 3.00 bits per heavy atom. The molecule has 0 spiro atoms. The fourth-order valence-electron chi connectivity index (χ4n) is 1.94. The Morgan fingerprint density at radius 2 is 2.32 bits per heavy atom. The van der Waals surface area contributed by atoms with Crippen molar-refractivity contribution in [2.45, 2.75) is 19.8 Å². The van der Waals surface area contributed by atoms with Gasteiger partial charge < -0.3 is 10.6 Å². The van der Waals surface area contributed by atoms with Crippen LogP contribution in [-0.4, -0.2) is 17.4 Å². The number of nitrogens with zero attached hydrogens (tertiary/aromatic N) is 1. The molecular weight excluding hydrogens is 246 g/mol. The summed E-state index contributed by atoms with van der Waals surface area (Å²) in [7, 11) is 0. The highest BCUT2D eigenvalue weighted by atomic mass is 16.6. The van der Waals surface area contributed by atoms with Gasteiger partial charge in [-0.1, -0.05) is 0 Å². The lowest BCUT2D eigenvalue weighted by Crippen LogP contribution is -2.05. The first kappa shape index (κ1) is 12.9. The Bertz CT molecular complexity index is 599. The van der Waals surface area contributed by atoms with E-state index in [0.717, 1.165) is 0 Å². The predicted molar refractivity (Wildman–Crippen MR) is 72.0 cm³/mol. The Kier molecular flexibility index (Phi) is 3.66. The van der Waals surface area contributed by atoms with Crippen LogP contribution in [0.5, 0.6) is 0 Å². The number of amides is 1. The number of carbonyl (C=O) groups excluding carboxylic acids is 1. The van der Waals surface area contributed by atoms with Crippen LogP contribution in [0.25, 0.3) is 0 Å². The standard InChI is InChI=1S/C13H13N3O3/c1-2-3-4-5-14-11-8-10-9(7-13(17)15-10)6-12(11)16(18)19/h6,8,14H,4-5,7H2,1H3,(H,15,17). The lowest BCUT2D eigenvalue weighted by atomic mass is 10.1. The minimum Gasteiger partial charge on any atom is -0.378 e. The van der Waals surface area contributed by atoms with E-state index in [-0.39, 0.29) is 18.0 Å². The van der Waals surface area contributed by atoms with Gasteiger partial charge >= 0.3 is 0 Å². The summed E-state index contributed by atoms with van der Waals surface area (Å²) in [5.41, 5.74) is 1.69. The molecule has 0 fully saturated rings. The van der Waals surface area contributed by atoms with E-state index in [1.807, 2.05) is 0 Å². The molecule has 0 aromatic heterocycles. The molecule has 0 bridgehead atoms. The topological polar surface area (TPSA) is 84.3 Å². The molecule has 98 valence electrons. The number of fused-ring (bicyclic) bond motifs is 1. The first-order chi connectivity index (χ1) is 9.11. The predicted octanol–water partition coefficient (Wildman–Crippen LogP) is 1.91. The molecule has 0 radical (unpaired) electrons. The van der Waals surface area contributed by atoms with Crippen LogP contribution in [0.2, 0.25) is 0 Å². The molecule has 2 rings (SSSR count). The van der Waals surface area contributed by atoms with E-state index in [2.05, 4.69) is 22.5 Å². The molecule has 2 N–H and O–H groups in total. The van der Waals surface area contributed by atoms with Gasteiger partial charge in [-0.25, -0.2) is 0 Å². The maximum atomic E-state index is 11.3. The van der Waals surface area contributed by atoms with Crippen LogP contribution in [0.15, 0.2) is 12.1 Å². The quantitative estimate of drug-likeness (QED) is 0.374. The highest BCUT2D eigenvalue weighted by molar-refractivity contribution is 6.00. The summed E-state index contributed by atoms with van der Waals surface area (Å²) in [4.78, 5) is 21.8. The van der Waals surface area contributed by atoms with Gasteiger partial charge in [-0.3, -0.25) is 14.9 Å². The zero-order chi connectivity index (χ0) is 13.8. The Hall–Kier alpha value is -2.55. The van der Waals surface area contributed by atoms with Gasteiger partial charge in [-0.05, 0) is 18.6 Å². The van der Waals surface area contributed by atoms with Crippen molar-refractivity contribution in [3.63, 3.8) is 0 Å². The van der Waals surface area contributed by atoms with E-state index in [0.29, 0.717) is 29.9 Å². The molecule has 1 aromatic rings. The molecular formula is C13H13N3O3. The third-order valence-corrected chi connectivity index (χ3v) is 2.79. The molecule has 0 unspecified atom stereocenters. The molecule has 0 saturated carbocycles. The summed E-state index contributed by atoms with van der Waals surface area (Å²) in [6.07, 6.45) is 0.800. The molecule has 6 heteroatoms. The highest BCUT2D eigenvalue weighted by Crippen LogP contribution is 2.34. The van der Waals surface area contributed by atoms with Gasteiger partial charge in [0, 0.05) is 24.7 Å². The lowest BCUT2D eigenvalue weighted by molar-refractivity contribution is -0.384. The molecule has 0 aliphatic carbocycles. The molecule has 0 saturated heterocycles. The summed E-state index contributed by atoms with van der Waals surface area (Å²) in [6, 6.07) is 3.05. The molecule has 1 heterocycles. The summed E-state index contributed by atoms with van der Waals surface area (Å²) < 4.78 is 0. The summed E-state index contributed by atoms with van der Waals surface area (Å²) in [6.45, 7) is 2.27. The van der Waals surface area contributed by atoms with Gasteiger partial charge in [0.05, 0.1) is 11.3 Å². The van der Waals surface area contributed by atoms with Crippen LogP contribution < -0.4 is 10.6 Å². The van der Waals surface area contributed by atoms with Crippen LogP contribution in [0.3, 0.4) is 0 Å². The van der Waals surface area contributed by atoms with Gasteiger partial charge in [0.15, 0.2) is 0 Å². The first-order valence-electron chi connectivity index (χ1n) is 5.86. The zero-order valence-electron chi connectivity index (χ0n) is 10.4. The van der Waals surface area contributed by atoms with Gasteiger partial charge in [0.1, 0.15) is 5.69 Å². The van der Waals surface area contributed by atoms with E-state index in [9.17, 15) is 14.9 Å². The monoisotopic (exact) mass is 259 g/mol. The number of rotatable bonds is 4. The summed E-state index contributed by atoms with van der Waals surface area (Å²) in [5, 5.41) is 16.7. The van der Waals surface area contributed by atoms with Crippen molar-refractivity contribution in [3.8, 4) is 11.8 Å². The van der Waals surface area contributed by atoms with Gasteiger partial charge in [0.2, 0.25) is 5.91 Å². The molecule has 19 heavy (non-hydrogen) atoms. The van der Waals surface area contributed by atoms with Crippen LogP contribution in [0.1, 0.15) is 18.9 Å². The zero-order valence-corrected chi connectivity index (χ0v) is 10.4. The normalized spacial score (nSPS) is 12.2. The van der Waals surface area contributed by atoms with Gasteiger partial charge in [0.25, 0.3) is 5.69 Å². The van der Waals surface area contributed by atoms with Gasteiger partial charge in [-0.2, -0.15) is 0 Å². The average molecular weight is 259 g/mol. The summed E-state index contributed by atoms with van der Waals surface area (Å²) in [5.74, 6) is 5.49. The third kappa shape index (κ3) is 2.83. The maximum Gasteiger partial charge on any atom is 0.292 e. The van der Waals surface area contributed by atoms with E-state index in [1.165, 1.54) is 6.07 Å². The SMILES string of the molecule is CC#CCCNc1cc2c(cc1[N+](=O)[O-])CC(=O)N2. The number of benzene rings is 1. The van der Waals surface area contributed by atoms with Gasteiger partial charge in [-0.15, -0.1) is 11.8 Å². The number of nitrogens with one attached hydrogen (secondary N) is 2. The molecule has 0 atom stereocenters. The fraction of sp³-hybridized carbons (Fsp3) is 0.308. The van der Waals surface area contributed by atoms with Crippen molar-refractivity contribution >= 4 is 23.0 Å². The Labute approximate surface area is 110 Å². The van der Waals surface area contributed by atoms with Crippen molar-refractivity contribution < 1.29 is 9.72 Å². The average Bonchev–Trinajstić information content (AvgIpc) is 2.72. The molecule has 6 nitrogen and oxygen atoms in total. The molecule has 1 aromatic carbocycles. The van der Waals surface area contributed by atoms with E-state index < -0.39 is 4.92 Å². The van der Waals surface area contributed by atoms with Crippen LogP contribution in [0, 0.1) is 22.0 Å². The third-order valence-electron chi connectivity index (χ3n) is 2.79. The highest BCUT2D eigenvalue weighted by Gasteiger charge is 2.24. The van der Waals surface area contributed by atoms with E-state index in [1.54, 1.807) is 13.0 Å². The van der Waals surface area contributed by atoms with Crippen LogP contribution in [0.4, 0.5) is 17.1 Å². The number of hydrogen-bond acceptors (Lipinski definition) is 4. The van der Waals surface area contributed by atoms with E-state index in [4.69, 9.17) is 0 Å². The minimum absolute atomic E-state index is 0.0142. The second-order valence-electron chi connectivity index (χ2n) is 4.11. The Balaban J connectivity index is 2.25. The molecule has 1 aliphatic rings. The largest absolute Gasteiger partial charge is 0.378 e. The Morgan fingerprint density at radius 1 is 1.53 bits per heavy atom. The second kappa shape index (κ2) is 5.40. The molecule has 1 aliphatic heterocycles. The van der Waals surface area contributed by atoms with Crippen molar-refractivity contribution in [1.29, 1.82) is 0 Å². The minimum atomic E-state index is -0.448. The van der Waals surface area contributed by atoms with E-state index >= 15 is 0 Å². The molecule has 1 amide bonds. The lowest BCUT2D eigenvalue weighted by Gasteiger charge is -2.07.